The average Bonchev–Trinajstić information content (AvgIpc) is 2.25. The highest BCUT2D eigenvalue weighted by Crippen LogP contribution is 2.00. The Hall–Kier alpha value is -2.36. The largest absolute Gasteiger partial charge is 0.351 e. The molecule has 0 saturated heterocycles. The number of nitrogens with one attached hydrogen (secondary N) is 1. The van der Waals surface area contributed by atoms with Crippen LogP contribution in [0.5, 0.6) is 0 Å². The zero-order valence-corrected chi connectivity index (χ0v) is 8.59. The lowest BCUT2D eigenvalue weighted by molar-refractivity contribution is -0.115. The summed E-state index contributed by atoms with van der Waals surface area (Å²) in [5.41, 5.74) is 5.80. The predicted molar refractivity (Wildman–Crippen MR) is 62.3 cm³/mol. The van der Waals surface area contributed by atoms with Crippen LogP contribution >= 0.6 is 0 Å². The predicted octanol–water partition coefficient (Wildman–Crippen LogP) is 1.45. The van der Waals surface area contributed by atoms with Crippen molar-refractivity contribution in [3.63, 3.8) is 0 Å². The molecular formula is C12H12N2O2. The molecule has 0 atom stereocenters. The number of hydrogen-bond acceptors (Lipinski definition) is 2. The first kappa shape index (κ1) is 11.7. The Morgan fingerprint density at radius 1 is 1.12 bits per heavy atom. The van der Waals surface area contributed by atoms with E-state index in [1.807, 2.05) is 41.7 Å². The molecule has 0 aliphatic rings. The summed E-state index contributed by atoms with van der Waals surface area (Å²) in [5.74, 6) is -0.537. The molecule has 3 amide bonds. The molecule has 3 N–H and O–H groups in total. The number of imide groups is 1. The molecule has 0 fully saturated rings. The first-order valence-corrected chi connectivity index (χ1v) is 4.68. The van der Waals surface area contributed by atoms with E-state index < -0.39 is 11.9 Å². The molecule has 0 aliphatic heterocycles. The minimum absolute atomic E-state index is 0.537. The van der Waals surface area contributed by atoms with Crippen LogP contribution in [0.25, 0.3) is 6.08 Å². The van der Waals surface area contributed by atoms with Gasteiger partial charge in [-0.1, -0.05) is 48.6 Å². The number of carbonyl (C=O) groups excluding carboxylic acids is 2. The van der Waals surface area contributed by atoms with E-state index in [0.717, 1.165) is 5.56 Å². The van der Waals surface area contributed by atoms with Crippen molar-refractivity contribution < 1.29 is 9.59 Å². The number of rotatable bonds is 3. The number of allylic oxidation sites excluding steroid dienone is 2. The Kier molecular flexibility index (Phi) is 4.53. The summed E-state index contributed by atoms with van der Waals surface area (Å²) in [6.07, 6.45) is 6.30. The van der Waals surface area contributed by atoms with Crippen molar-refractivity contribution in [2.75, 3.05) is 0 Å². The maximum Gasteiger partial charge on any atom is 0.319 e. The van der Waals surface area contributed by atoms with Crippen LogP contribution in [0, 0.1) is 0 Å². The van der Waals surface area contributed by atoms with Gasteiger partial charge in [-0.2, -0.15) is 0 Å². The van der Waals surface area contributed by atoms with Gasteiger partial charge in [0.2, 0.25) is 0 Å². The molecule has 0 saturated carbocycles. The fraction of sp³-hybridized carbons (Fsp3) is 0. The minimum Gasteiger partial charge on any atom is -0.351 e. The van der Waals surface area contributed by atoms with Gasteiger partial charge in [0.1, 0.15) is 0 Å². The first-order valence-electron chi connectivity index (χ1n) is 4.68. The van der Waals surface area contributed by atoms with Crippen molar-refractivity contribution in [2.24, 2.45) is 5.73 Å². The van der Waals surface area contributed by atoms with Crippen molar-refractivity contribution in [3.05, 3.63) is 54.1 Å². The fourth-order valence-electron chi connectivity index (χ4n) is 1.04. The molecule has 0 radical (unpaired) electrons. The summed E-state index contributed by atoms with van der Waals surface area (Å²) in [5, 5.41) is 1.92. The van der Waals surface area contributed by atoms with E-state index >= 15 is 0 Å². The van der Waals surface area contributed by atoms with E-state index in [0.29, 0.717) is 0 Å². The molecule has 0 spiro atoms. The zero-order chi connectivity index (χ0) is 11.8. The molecule has 0 heterocycles. The van der Waals surface area contributed by atoms with Gasteiger partial charge in [-0.25, -0.2) is 4.79 Å². The van der Waals surface area contributed by atoms with Crippen LogP contribution in [0.2, 0.25) is 0 Å². The third-order valence-corrected chi connectivity index (χ3v) is 1.69. The van der Waals surface area contributed by atoms with Crippen LogP contribution in [0.15, 0.2) is 48.6 Å². The van der Waals surface area contributed by atoms with Crippen LogP contribution < -0.4 is 11.1 Å². The number of benzene rings is 1. The van der Waals surface area contributed by atoms with Gasteiger partial charge < -0.3 is 5.73 Å². The van der Waals surface area contributed by atoms with Gasteiger partial charge in [0.15, 0.2) is 0 Å². The molecule has 0 aromatic heterocycles. The number of nitrogens with two attached hydrogens (primary N) is 1. The van der Waals surface area contributed by atoms with Crippen LogP contribution in [0.1, 0.15) is 5.56 Å². The SMILES string of the molecule is NC(=O)NC(=O)C=CC=Cc1ccccc1. The molecule has 1 rings (SSSR count). The van der Waals surface area contributed by atoms with Gasteiger partial charge >= 0.3 is 6.03 Å². The standard InChI is InChI=1S/C12H12N2O2/c13-12(16)14-11(15)9-5-4-8-10-6-2-1-3-7-10/h1-9H,(H3,13,14,15,16). The Bertz CT molecular complexity index is 422. The van der Waals surface area contributed by atoms with E-state index in [9.17, 15) is 9.59 Å². The monoisotopic (exact) mass is 216 g/mol. The fourth-order valence-corrected chi connectivity index (χ4v) is 1.04. The molecule has 1 aromatic carbocycles. The summed E-state index contributed by atoms with van der Waals surface area (Å²) in [6, 6.07) is 8.78. The molecular weight excluding hydrogens is 204 g/mol. The van der Waals surface area contributed by atoms with Crippen molar-refractivity contribution in [1.29, 1.82) is 0 Å². The van der Waals surface area contributed by atoms with Crippen molar-refractivity contribution in [1.82, 2.24) is 5.32 Å². The molecule has 16 heavy (non-hydrogen) atoms. The quantitative estimate of drug-likeness (QED) is 0.593. The summed E-state index contributed by atoms with van der Waals surface area (Å²) < 4.78 is 0. The highest BCUT2D eigenvalue weighted by Gasteiger charge is 1.96. The van der Waals surface area contributed by atoms with E-state index in [1.54, 1.807) is 6.08 Å². The number of primary amides is 1. The summed E-state index contributed by atoms with van der Waals surface area (Å²) in [7, 11) is 0. The summed E-state index contributed by atoms with van der Waals surface area (Å²) in [6.45, 7) is 0. The Morgan fingerprint density at radius 3 is 2.44 bits per heavy atom. The van der Waals surface area contributed by atoms with Gasteiger partial charge in [0, 0.05) is 6.08 Å². The van der Waals surface area contributed by atoms with Gasteiger partial charge in [-0.05, 0) is 5.56 Å². The van der Waals surface area contributed by atoms with Crippen LogP contribution in [0.3, 0.4) is 0 Å². The summed E-state index contributed by atoms with van der Waals surface area (Å²) >= 11 is 0. The number of amides is 3. The second-order valence-electron chi connectivity index (χ2n) is 2.98. The minimum atomic E-state index is -0.860. The zero-order valence-electron chi connectivity index (χ0n) is 8.59. The Morgan fingerprint density at radius 2 is 1.81 bits per heavy atom. The molecule has 0 bridgehead atoms. The Balaban J connectivity index is 2.45. The lowest BCUT2D eigenvalue weighted by Gasteiger charge is -1.91. The van der Waals surface area contributed by atoms with E-state index in [-0.39, 0.29) is 0 Å². The second kappa shape index (κ2) is 6.19. The number of urea groups is 1. The lowest BCUT2D eigenvalue weighted by atomic mass is 10.2. The molecule has 1 aromatic rings. The van der Waals surface area contributed by atoms with Crippen molar-refractivity contribution in [2.45, 2.75) is 0 Å². The van der Waals surface area contributed by atoms with Gasteiger partial charge in [0.25, 0.3) is 5.91 Å². The molecule has 4 heteroatoms. The second-order valence-corrected chi connectivity index (χ2v) is 2.98. The molecule has 82 valence electrons. The molecule has 0 aliphatic carbocycles. The summed E-state index contributed by atoms with van der Waals surface area (Å²) in [4.78, 5) is 21.2. The smallest absolute Gasteiger partial charge is 0.319 e. The van der Waals surface area contributed by atoms with Gasteiger partial charge in [-0.3, -0.25) is 10.1 Å². The van der Waals surface area contributed by atoms with Crippen molar-refractivity contribution >= 4 is 18.0 Å². The first-order chi connectivity index (χ1) is 7.68. The molecule has 0 unspecified atom stereocenters. The lowest BCUT2D eigenvalue weighted by Crippen LogP contribution is -2.33. The normalized spacial score (nSPS) is 10.8. The average molecular weight is 216 g/mol. The maximum absolute atomic E-state index is 10.9. The molecule has 4 nitrogen and oxygen atoms in total. The van der Waals surface area contributed by atoms with Gasteiger partial charge in [-0.15, -0.1) is 0 Å². The third kappa shape index (κ3) is 4.76. The third-order valence-electron chi connectivity index (χ3n) is 1.69. The topological polar surface area (TPSA) is 72.2 Å². The highest BCUT2D eigenvalue weighted by atomic mass is 16.2. The van der Waals surface area contributed by atoms with E-state index in [2.05, 4.69) is 0 Å². The van der Waals surface area contributed by atoms with Crippen molar-refractivity contribution in [3.8, 4) is 0 Å². The van der Waals surface area contributed by atoms with Crippen LogP contribution in [-0.2, 0) is 4.79 Å². The number of carbonyl (C=O) groups is 2. The van der Waals surface area contributed by atoms with E-state index in [1.165, 1.54) is 12.2 Å². The van der Waals surface area contributed by atoms with Gasteiger partial charge in [0.05, 0.1) is 0 Å². The maximum atomic E-state index is 10.9. The Labute approximate surface area is 93.5 Å². The van der Waals surface area contributed by atoms with Crippen LogP contribution in [-0.4, -0.2) is 11.9 Å². The van der Waals surface area contributed by atoms with Crippen LogP contribution in [0.4, 0.5) is 4.79 Å². The number of hydrogen-bond donors (Lipinski definition) is 2. The highest BCUT2D eigenvalue weighted by molar-refractivity contribution is 5.99. The van der Waals surface area contributed by atoms with E-state index in [4.69, 9.17) is 5.73 Å².